The van der Waals surface area contributed by atoms with Crippen LogP contribution in [-0.4, -0.2) is 0 Å². The van der Waals surface area contributed by atoms with Gasteiger partial charge in [0.2, 0.25) is 0 Å². The summed E-state index contributed by atoms with van der Waals surface area (Å²) in [6, 6.07) is 15.2. The smallest absolute Gasteiger partial charge is 0.0415 e. The molecule has 0 heterocycles. The molecule has 1 nitrogen and oxygen atoms in total. The summed E-state index contributed by atoms with van der Waals surface area (Å²) in [6.07, 6.45) is 7.43. The quantitative estimate of drug-likeness (QED) is 0.763. The standard InChI is InChI=1S/C19H25N/c1-2-15-7-6-13-19(20,14-12-15)18-11-5-9-16-8-3-4-10-17(16)18/h3-5,8-11,15H,2,6-7,12-14,20H2,1H3. The predicted molar refractivity (Wildman–Crippen MR) is 86.7 cm³/mol. The van der Waals surface area contributed by atoms with Crippen LogP contribution in [0.2, 0.25) is 0 Å². The zero-order valence-corrected chi connectivity index (χ0v) is 12.4. The number of hydrogen-bond donors (Lipinski definition) is 1. The van der Waals surface area contributed by atoms with Crippen LogP contribution in [0, 0.1) is 5.92 Å². The second-order valence-corrected chi connectivity index (χ2v) is 6.39. The molecular formula is C19H25N. The maximum absolute atomic E-state index is 6.86. The summed E-state index contributed by atoms with van der Waals surface area (Å²) < 4.78 is 0. The molecule has 0 amide bonds. The van der Waals surface area contributed by atoms with E-state index in [0.29, 0.717) is 0 Å². The van der Waals surface area contributed by atoms with Crippen LogP contribution in [0.4, 0.5) is 0 Å². The first-order chi connectivity index (χ1) is 9.73. The van der Waals surface area contributed by atoms with Gasteiger partial charge in [-0.15, -0.1) is 0 Å². The Bertz CT molecular complexity index is 584. The third-order valence-corrected chi connectivity index (χ3v) is 5.14. The van der Waals surface area contributed by atoms with E-state index in [4.69, 9.17) is 5.73 Å². The molecule has 3 rings (SSSR count). The number of hydrogen-bond acceptors (Lipinski definition) is 1. The van der Waals surface area contributed by atoms with E-state index in [-0.39, 0.29) is 5.54 Å². The van der Waals surface area contributed by atoms with E-state index >= 15 is 0 Å². The van der Waals surface area contributed by atoms with Gasteiger partial charge in [0.15, 0.2) is 0 Å². The molecule has 0 aliphatic heterocycles. The van der Waals surface area contributed by atoms with E-state index in [1.807, 2.05) is 0 Å². The summed E-state index contributed by atoms with van der Waals surface area (Å²) in [5.41, 5.74) is 8.08. The normalized spacial score (nSPS) is 27.4. The number of rotatable bonds is 2. The van der Waals surface area contributed by atoms with E-state index in [0.717, 1.165) is 18.8 Å². The van der Waals surface area contributed by atoms with E-state index < -0.39 is 0 Å². The largest absolute Gasteiger partial charge is 0.321 e. The fourth-order valence-electron chi connectivity index (χ4n) is 3.77. The van der Waals surface area contributed by atoms with Crippen molar-refractivity contribution in [1.82, 2.24) is 0 Å². The van der Waals surface area contributed by atoms with Crippen LogP contribution in [0.1, 0.15) is 51.0 Å². The lowest BCUT2D eigenvalue weighted by Crippen LogP contribution is -2.36. The summed E-state index contributed by atoms with van der Waals surface area (Å²) in [7, 11) is 0. The Kier molecular flexibility index (Phi) is 3.80. The molecule has 0 radical (unpaired) electrons. The molecule has 1 heteroatoms. The fraction of sp³-hybridized carbons (Fsp3) is 0.474. The Morgan fingerprint density at radius 1 is 1.05 bits per heavy atom. The number of fused-ring (bicyclic) bond motifs is 1. The van der Waals surface area contributed by atoms with Crippen LogP contribution in [0.5, 0.6) is 0 Å². The number of nitrogens with two attached hydrogens (primary N) is 1. The van der Waals surface area contributed by atoms with Crippen LogP contribution >= 0.6 is 0 Å². The summed E-state index contributed by atoms with van der Waals surface area (Å²) >= 11 is 0. The maximum atomic E-state index is 6.86. The van der Waals surface area contributed by atoms with E-state index in [1.54, 1.807) is 0 Å². The van der Waals surface area contributed by atoms with Crippen molar-refractivity contribution in [3.63, 3.8) is 0 Å². The van der Waals surface area contributed by atoms with E-state index in [1.165, 1.54) is 42.0 Å². The Labute approximate surface area is 122 Å². The lowest BCUT2D eigenvalue weighted by Gasteiger charge is -2.30. The summed E-state index contributed by atoms with van der Waals surface area (Å²) in [4.78, 5) is 0. The zero-order chi connectivity index (χ0) is 14.0. The fourth-order valence-corrected chi connectivity index (χ4v) is 3.77. The van der Waals surface area contributed by atoms with Crippen LogP contribution in [0.25, 0.3) is 10.8 Å². The summed E-state index contributed by atoms with van der Waals surface area (Å²) in [6.45, 7) is 2.31. The van der Waals surface area contributed by atoms with Gasteiger partial charge in [-0.3, -0.25) is 0 Å². The minimum Gasteiger partial charge on any atom is -0.321 e. The molecule has 0 bridgehead atoms. The van der Waals surface area contributed by atoms with Gasteiger partial charge in [0.1, 0.15) is 0 Å². The molecule has 2 N–H and O–H groups in total. The highest BCUT2D eigenvalue weighted by Crippen LogP contribution is 2.39. The highest BCUT2D eigenvalue weighted by atomic mass is 14.7. The first-order valence-corrected chi connectivity index (χ1v) is 8.00. The maximum Gasteiger partial charge on any atom is 0.0415 e. The summed E-state index contributed by atoms with van der Waals surface area (Å²) in [5.74, 6) is 0.871. The van der Waals surface area contributed by atoms with Crippen molar-refractivity contribution in [3.8, 4) is 0 Å². The van der Waals surface area contributed by atoms with Crippen LogP contribution in [-0.2, 0) is 5.54 Å². The molecule has 1 fully saturated rings. The highest BCUT2D eigenvalue weighted by Gasteiger charge is 2.31. The van der Waals surface area contributed by atoms with Gasteiger partial charge in [0.25, 0.3) is 0 Å². The molecule has 20 heavy (non-hydrogen) atoms. The van der Waals surface area contributed by atoms with Gasteiger partial charge in [0, 0.05) is 5.54 Å². The first-order valence-electron chi connectivity index (χ1n) is 8.00. The van der Waals surface area contributed by atoms with Gasteiger partial charge >= 0.3 is 0 Å². The molecule has 2 aromatic rings. The van der Waals surface area contributed by atoms with Gasteiger partial charge in [-0.2, -0.15) is 0 Å². The molecule has 1 saturated carbocycles. The molecule has 0 spiro atoms. The van der Waals surface area contributed by atoms with Gasteiger partial charge in [-0.1, -0.05) is 68.7 Å². The van der Waals surface area contributed by atoms with Crippen molar-refractivity contribution in [2.45, 2.75) is 51.0 Å². The summed E-state index contributed by atoms with van der Waals surface area (Å²) in [5, 5.41) is 2.65. The predicted octanol–water partition coefficient (Wildman–Crippen LogP) is 4.98. The molecule has 0 aromatic heterocycles. The van der Waals surface area contributed by atoms with Crippen molar-refractivity contribution in [2.24, 2.45) is 11.7 Å². The van der Waals surface area contributed by atoms with Crippen molar-refractivity contribution in [2.75, 3.05) is 0 Å². The molecule has 0 saturated heterocycles. The van der Waals surface area contributed by atoms with Crippen molar-refractivity contribution >= 4 is 10.8 Å². The third-order valence-electron chi connectivity index (χ3n) is 5.14. The molecule has 2 aromatic carbocycles. The Hall–Kier alpha value is -1.34. The molecule has 1 aliphatic rings. The molecule has 2 atom stereocenters. The van der Waals surface area contributed by atoms with Crippen molar-refractivity contribution < 1.29 is 0 Å². The molecular weight excluding hydrogens is 242 g/mol. The molecule has 1 aliphatic carbocycles. The van der Waals surface area contributed by atoms with Gasteiger partial charge < -0.3 is 5.73 Å². The van der Waals surface area contributed by atoms with E-state index in [2.05, 4.69) is 49.4 Å². The third kappa shape index (κ3) is 2.47. The number of benzene rings is 2. The second-order valence-electron chi connectivity index (χ2n) is 6.39. The zero-order valence-electron chi connectivity index (χ0n) is 12.4. The Morgan fingerprint density at radius 3 is 2.70 bits per heavy atom. The van der Waals surface area contributed by atoms with Gasteiger partial charge in [-0.05, 0) is 41.5 Å². The van der Waals surface area contributed by atoms with Crippen LogP contribution in [0.15, 0.2) is 42.5 Å². The average molecular weight is 267 g/mol. The topological polar surface area (TPSA) is 26.0 Å². The van der Waals surface area contributed by atoms with E-state index in [9.17, 15) is 0 Å². The van der Waals surface area contributed by atoms with Gasteiger partial charge in [0.05, 0.1) is 0 Å². The average Bonchev–Trinajstić information content (AvgIpc) is 2.69. The van der Waals surface area contributed by atoms with Crippen LogP contribution in [0.3, 0.4) is 0 Å². The van der Waals surface area contributed by atoms with Crippen molar-refractivity contribution in [1.29, 1.82) is 0 Å². The van der Waals surface area contributed by atoms with Gasteiger partial charge in [-0.25, -0.2) is 0 Å². The minimum atomic E-state index is -0.134. The highest BCUT2D eigenvalue weighted by molar-refractivity contribution is 5.86. The monoisotopic (exact) mass is 267 g/mol. The minimum absolute atomic E-state index is 0.134. The lowest BCUT2D eigenvalue weighted by molar-refractivity contribution is 0.374. The SMILES string of the molecule is CCC1CCCC(N)(c2cccc3ccccc23)CC1. The first kappa shape index (κ1) is 13.6. The Balaban J connectivity index is 2.01. The Morgan fingerprint density at radius 2 is 1.85 bits per heavy atom. The molecule has 106 valence electrons. The molecule has 2 unspecified atom stereocenters. The second kappa shape index (κ2) is 5.57. The lowest BCUT2D eigenvalue weighted by atomic mass is 9.81. The van der Waals surface area contributed by atoms with Crippen molar-refractivity contribution in [3.05, 3.63) is 48.0 Å². The van der Waals surface area contributed by atoms with Crippen LogP contribution < -0.4 is 5.73 Å².